The van der Waals surface area contributed by atoms with Crippen molar-refractivity contribution in [3.05, 3.63) is 0 Å². The van der Waals surface area contributed by atoms with Crippen LogP contribution in [0.1, 0.15) is 52.9 Å². The van der Waals surface area contributed by atoms with Crippen molar-refractivity contribution in [1.29, 1.82) is 0 Å². The molecule has 3 nitrogen and oxygen atoms in total. The molecule has 15 heavy (non-hydrogen) atoms. The first-order chi connectivity index (χ1) is 7.10. The minimum atomic E-state index is 0.271. The zero-order valence-corrected chi connectivity index (χ0v) is 10.4. The molecule has 0 spiro atoms. The van der Waals surface area contributed by atoms with Crippen LogP contribution < -0.4 is 11.3 Å². The first kappa shape index (κ1) is 12.9. The SMILES string of the molecule is CCC(C)(C)C(CCC1CCCO1)NN. The van der Waals surface area contributed by atoms with E-state index in [1.807, 2.05) is 0 Å². The second kappa shape index (κ2) is 5.83. The van der Waals surface area contributed by atoms with E-state index in [2.05, 4.69) is 26.2 Å². The Morgan fingerprint density at radius 1 is 1.53 bits per heavy atom. The van der Waals surface area contributed by atoms with Gasteiger partial charge < -0.3 is 4.74 Å². The highest BCUT2D eigenvalue weighted by Gasteiger charge is 2.28. The normalized spacial score (nSPS) is 24.4. The average molecular weight is 214 g/mol. The van der Waals surface area contributed by atoms with E-state index in [9.17, 15) is 0 Å². The van der Waals surface area contributed by atoms with Gasteiger partial charge in [-0.25, -0.2) is 0 Å². The molecule has 1 aliphatic heterocycles. The summed E-state index contributed by atoms with van der Waals surface area (Å²) in [7, 11) is 0. The molecule has 0 saturated carbocycles. The number of ether oxygens (including phenoxy) is 1. The summed E-state index contributed by atoms with van der Waals surface area (Å²) >= 11 is 0. The molecule has 1 heterocycles. The first-order valence-corrected chi connectivity index (χ1v) is 6.18. The fraction of sp³-hybridized carbons (Fsp3) is 1.00. The Morgan fingerprint density at radius 3 is 2.73 bits per heavy atom. The van der Waals surface area contributed by atoms with E-state index in [4.69, 9.17) is 10.6 Å². The summed E-state index contributed by atoms with van der Waals surface area (Å²) in [4.78, 5) is 0. The van der Waals surface area contributed by atoms with Crippen LogP contribution in [0.3, 0.4) is 0 Å². The second-order valence-electron chi connectivity index (χ2n) is 5.27. The van der Waals surface area contributed by atoms with E-state index in [0.29, 0.717) is 12.1 Å². The maximum atomic E-state index is 5.63. The quantitative estimate of drug-likeness (QED) is 0.526. The van der Waals surface area contributed by atoms with Crippen LogP contribution in [0.2, 0.25) is 0 Å². The molecule has 1 saturated heterocycles. The summed E-state index contributed by atoms with van der Waals surface area (Å²) in [5.74, 6) is 5.63. The lowest BCUT2D eigenvalue weighted by molar-refractivity contribution is 0.0919. The summed E-state index contributed by atoms with van der Waals surface area (Å²) in [5.41, 5.74) is 3.23. The van der Waals surface area contributed by atoms with Crippen LogP contribution in [0.5, 0.6) is 0 Å². The minimum Gasteiger partial charge on any atom is -0.378 e. The van der Waals surface area contributed by atoms with Gasteiger partial charge in [-0.15, -0.1) is 0 Å². The summed E-state index contributed by atoms with van der Waals surface area (Å²) in [5, 5.41) is 0. The van der Waals surface area contributed by atoms with Crippen molar-refractivity contribution >= 4 is 0 Å². The lowest BCUT2D eigenvalue weighted by Gasteiger charge is -2.33. The molecule has 1 fully saturated rings. The fourth-order valence-corrected chi connectivity index (χ4v) is 2.17. The van der Waals surface area contributed by atoms with Crippen molar-refractivity contribution in [2.75, 3.05) is 6.61 Å². The van der Waals surface area contributed by atoms with Crippen LogP contribution in [-0.2, 0) is 4.74 Å². The van der Waals surface area contributed by atoms with Gasteiger partial charge in [0.05, 0.1) is 6.10 Å². The van der Waals surface area contributed by atoms with Crippen molar-refractivity contribution in [1.82, 2.24) is 5.43 Å². The van der Waals surface area contributed by atoms with Crippen molar-refractivity contribution < 1.29 is 4.74 Å². The third kappa shape index (κ3) is 3.74. The van der Waals surface area contributed by atoms with E-state index < -0.39 is 0 Å². The van der Waals surface area contributed by atoms with Crippen LogP contribution in [0.25, 0.3) is 0 Å². The minimum absolute atomic E-state index is 0.271. The Morgan fingerprint density at radius 2 is 2.27 bits per heavy atom. The van der Waals surface area contributed by atoms with Crippen molar-refractivity contribution in [3.8, 4) is 0 Å². The fourth-order valence-electron chi connectivity index (χ4n) is 2.17. The zero-order chi connectivity index (χ0) is 11.3. The lowest BCUT2D eigenvalue weighted by atomic mass is 9.79. The zero-order valence-electron chi connectivity index (χ0n) is 10.4. The largest absolute Gasteiger partial charge is 0.378 e. The molecule has 0 bridgehead atoms. The highest BCUT2D eigenvalue weighted by molar-refractivity contribution is 4.82. The third-order valence-corrected chi connectivity index (χ3v) is 3.86. The van der Waals surface area contributed by atoms with Crippen molar-refractivity contribution in [2.45, 2.75) is 65.0 Å². The van der Waals surface area contributed by atoms with E-state index in [1.54, 1.807) is 0 Å². The molecular formula is C12H26N2O. The molecule has 0 aliphatic carbocycles. The summed E-state index contributed by atoms with van der Waals surface area (Å²) in [6, 6.07) is 0.395. The van der Waals surface area contributed by atoms with Gasteiger partial charge in [-0.2, -0.15) is 0 Å². The van der Waals surface area contributed by atoms with Gasteiger partial charge in [-0.1, -0.05) is 20.8 Å². The van der Waals surface area contributed by atoms with Gasteiger partial charge in [0, 0.05) is 12.6 Å². The predicted molar refractivity (Wildman–Crippen MR) is 63.4 cm³/mol. The first-order valence-electron chi connectivity index (χ1n) is 6.18. The number of rotatable bonds is 6. The van der Waals surface area contributed by atoms with Crippen LogP contribution >= 0.6 is 0 Å². The van der Waals surface area contributed by atoms with Gasteiger partial charge in [0.15, 0.2) is 0 Å². The number of hydrogen-bond acceptors (Lipinski definition) is 3. The number of hydrazine groups is 1. The Labute approximate surface area is 93.7 Å². The van der Waals surface area contributed by atoms with Gasteiger partial charge in [0.1, 0.15) is 0 Å². The molecule has 0 aromatic carbocycles. The topological polar surface area (TPSA) is 47.3 Å². The maximum Gasteiger partial charge on any atom is 0.0576 e. The van der Waals surface area contributed by atoms with Gasteiger partial charge in [-0.3, -0.25) is 11.3 Å². The predicted octanol–water partition coefficient (Wildman–Crippen LogP) is 2.21. The Kier molecular flexibility index (Phi) is 5.03. The smallest absolute Gasteiger partial charge is 0.0576 e. The Bertz CT molecular complexity index is 176. The van der Waals surface area contributed by atoms with Gasteiger partial charge in [0.25, 0.3) is 0 Å². The maximum absolute atomic E-state index is 5.63. The number of nitrogens with one attached hydrogen (secondary N) is 1. The Balaban J connectivity index is 2.32. The van der Waals surface area contributed by atoms with Crippen LogP contribution in [0.4, 0.5) is 0 Å². The van der Waals surface area contributed by atoms with Crippen LogP contribution in [-0.4, -0.2) is 18.8 Å². The highest BCUT2D eigenvalue weighted by Crippen LogP contribution is 2.29. The van der Waals surface area contributed by atoms with Crippen molar-refractivity contribution in [3.63, 3.8) is 0 Å². The molecule has 0 aromatic heterocycles. The Hall–Kier alpha value is -0.120. The molecule has 90 valence electrons. The van der Waals surface area contributed by atoms with Gasteiger partial charge in [0.2, 0.25) is 0 Å². The molecule has 2 unspecified atom stereocenters. The van der Waals surface area contributed by atoms with Crippen LogP contribution in [0, 0.1) is 5.41 Å². The molecule has 3 heteroatoms. The van der Waals surface area contributed by atoms with Gasteiger partial charge >= 0.3 is 0 Å². The monoisotopic (exact) mass is 214 g/mol. The van der Waals surface area contributed by atoms with Crippen molar-refractivity contribution in [2.24, 2.45) is 11.3 Å². The molecule has 0 radical (unpaired) electrons. The molecule has 2 atom stereocenters. The lowest BCUT2D eigenvalue weighted by Crippen LogP contribution is -2.45. The molecule has 1 rings (SSSR count). The number of nitrogens with two attached hydrogens (primary N) is 1. The number of hydrogen-bond donors (Lipinski definition) is 2. The molecule has 0 aromatic rings. The van der Waals surface area contributed by atoms with Crippen LogP contribution in [0.15, 0.2) is 0 Å². The highest BCUT2D eigenvalue weighted by atomic mass is 16.5. The van der Waals surface area contributed by atoms with E-state index in [1.165, 1.54) is 12.8 Å². The standard InChI is InChI=1S/C12H26N2O/c1-4-12(2,3)11(14-13)8-7-10-6-5-9-15-10/h10-11,14H,4-9,13H2,1-3H3. The van der Waals surface area contributed by atoms with E-state index in [-0.39, 0.29) is 5.41 Å². The molecular weight excluding hydrogens is 188 g/mol. The average Bonchev–Trinajstić information content (AvgIpc) is 2.71. The molecule has 0 amide bonds. The van der Waals surface area contributed by atoms with E-state index >= 15 is 0 Å². The summed E-state index contributed by atoms with van der Waals surface area (Å²) in [6.45, 7) is 7.71. The molecule has 3 N–H and O–H groups in total. The van der Waals surface area contributed by atoms with Gasteiger partial charge in [-0.05, 0) is 37.5 Å². The second-order valence-corrected chi connectivity index (χ2v) is 5.27. The van der Waals surface area contributed by atoms with E-state index in [0.717, 1.165) is 25.9 Å². The third-order valence-electron chi connectivity index (χ3n) is 3.86. The summed E-state index contributed by atoms with van der Waals surface area (Å²) < 4.78 is 5.63. The summed E-state index contributed by atoms with van der Waals surface area (Å²) in [6.07, 6.45) is 6.33. The molecule has 1 aliphatic rings.